The zero-order valence-corrected chi connectivity index (χ0v) is 10.6. The second kappa shape index (κ2) is 3.57. The van der Waals surface area contributed by atoms with Crippen molar-refractivity contribution in [3.8, 4) is 0 Å². The monoisotopic (exact) mass is 247 g/mol. The molecular formula is C13H14ClN3. The average Bonchev–Trinajstić information content (AvgIpc) is 2.85. The highest BCUT2D eigenvalue weighted by atomic mass is 35.5. The van der Waals surface area contributed by atoms with Crippen LogP contribution in [0.3, 0.4) is 0 Å². The van der Waals surface area contributed by atoms with E-state index < -0.39 is 0 Å². The van der Waals surface area contributed by atoms with Crippen molar-refractivity contribution in [2.75, 3.05) is 5.32 Å². The van der Waals surface area contributed by atoms with Gasteiger partial charge in [0.05, 0.1) is 5.52 Å². The average molecular weight is 248 g/mol. The molecule has 1 atom stereocenters. The van der Waals surface area contributed by atoms with Crippen LogP contribution in [0, 0.1) is 5.41 Å². The van der Waals surface area contributed by atoms with Gasteiger partial charge in [0.25, 0.3) is 0 Å². The smallest absolute Gasteiger partial charge is 0.224 e. The van der Waals surface area contributed by atoms with Crippen LogP contribution in [0.25, 0.3) is 10.9 Å². The van der Waals surface area contributed by atoms with Crippen molar-refractivity contribution in [3.63, 3.8) is 0 Å². The van der Waals surface area contributed by atoms with Crippen molar-refractivity contribution < 1.29 is 0 Å². The summed E-state index contributed by atoms with van der Waals surface area (Å²) in [4.78, 5) is 8.50. The fourth-order valence-corrected chi connectivity index (χ4v) is 2.21. The molecule has 1 aromatic heterocycles. The number of benzene rings is 1. The van der Waals surface area contributed by atoms with Gasteiger partial charge in [0.15, 0.2) is 0 Å². The third kappa shape index (κ3) is 1.95. The number of aromatic nitrogens is 2. The Morgan fingerprint density at radius 2 is 2.00 bits per heavy atom. The second-order valence-electron chi connectivity index (χ2n) is 5.25. The molecular weight excluding hydrogens is 234 g/mol. The molecule has 1 heterocycles. The minimum Gasteiger partial charge on any atom is -0.366 e. The summed E-state index contributed by atoms with van der Waals surface area (Å²) in [6.45, 7) is 4.49. The Morgan fingerprint density at radius 1 is 1.29 bits per heavy atom. The van der Waals surface area contributed by atoms with Crippen molar-refractivity contribution >= 4 is 28.3 Å². The first-order chi connectivity index (χ1) is 8.06. The highest BCUT2D eigenvalue weighted by Gasteiger charge is 2.46. The van der Waals surface area contributed by atoms with Crippen LogP contribution in [-0.2, 0) is 0 Å². The molecule has 0 radical (unpaired) electrons. The fraction of sp³-hybridized carbons (Fsp3) is 0.385. The zero-order chi connectivity index (χ0) is 12.0. The van der Waals surface area contributed by atoms with E-state index in [9.17, 15) is 0 Å². The van der Waals surface area contributed by atoms with Crippen LogP contribution in [0.5, 0.6) is 0 Å². The molecule has 1 unspecified atom stereocenters. The maximum absolute atomic E-state index is 5.94. The van der Waals surface area contributed by atoms with E-state index in [1.54, 1.807) is 0 Å². The van der Waals surface area contributed by atoms with Gasteiger partial charge >= 0.3 is 0 Å². The molecule has 3 rings (SSSR count). The number of nitrogens with zero attached hydrogens (tertiary/aromatic N) is 2. The maximum Gasteiger partial charge on any atom is 0.224 e. The summed E-state index contributed by atoms with van der Waals surface area (Å²) < 4.78 is 0. The van der Waals surface area contributed by atoms with Crippen LogP contribution in [-0.4, -0.2) is 16.0 Å². The summed E-state index contributed by atoms with van der Waals surface area (Å²) in [6.07, 6.45) is 1.17. The molecule has 1 aliphatic rings. The van der Waals surface area contributed by atoms with E-state index in [2.05, 4.69) is 29.1 Å². The van der Waals surface area contributed by atoms with Gasteiger partial charge in [-0.15, -0.1) is 0 Å². The maximum atomic E-state index is 5.94. The molecule has 0 aliphatic heterocycles. The molecule has 4 heteroatoms. The number of nitrogens with one attached hydrogen (secondary N) is 1. The third-order valence-corrected chi connectivity index (χ3v) is 3.57. The Morgan fingerprint density at radius 3 is 2.71 bits per heavy atom. The lowest BCUT2D eigenvalue weighted by Crippen LogP contribution is -2.10. The lowest BCUT2D eigenvalue weighted by atomic mass is 10.2. The first-order valence-corrected chi connectivity index (χ1v) is 6.13. The van der Waals surface area contributed by atoms with E-state index in [0.29, 0.717) is 16.7 Å². The highest BCUT2D eigenvalue weighted by molar-refractivity contribution is 6.28. The Hall–Kier alpha value is -1.35. The van der Waals surface area contributed by atoms with Gasteiger partial charge < -0.3 is 5.32 Å². The van der Waals surface area contributed by atoms with Crippen molar-refractivity contribution in [1.82, 2.24) is 9.97 Å². The predicted molar refractivity (Wildman–Crippen MR) is 70.4 cm³/mol. The number of fused-ring (bicyclic) bond motifs is 1. The van der Waals surface area contributed by atoms with Crippen LogP contribution < -0.4 is 5.32 Å². The van der Waals surface area contributed by atoms with Gasteiger partial charge in [0, 0.05) is 11.4 Å². The van der Waals surface area contributed by atoms with E-state index in [4.69, 9.17) is 11.6 Å². The van der Waals surface area contributed by atoms with Gasteiger partial charge in [0.2, 0.25) is 5.28 Å². The molecule has 0 amide bonds. The first-order valence-electron chi connectivity index (χ1n) is 5.75. The number of halogens is 1. The molecule has 1 saturated carbocycles. The third-order valence-electron chi connectivity index (χ3n) is 3.40. The SMILES string of the molecule is CC1(C)CC1Nc1nc(Cl)nc2ccccc12. The molecule has 0 saturated heterocycles. The van der Waals surface area contributed by atoms with Crippen molar-refractivity contribution in [1.29, 1.82) is 0 Å². The van der Waals surface area contributed by atoms with Crippen molar-refractivity contribution in [2.24, 2.45) is 5.41 Å². The number of anilines is 1. The number of hydrogen-bond acceptors (Lipinski definition) is 3. The lowest BCUT2D eigenvalue weighted by molar-refractivity contribution is 0.630. The molecule has 1 N–H and O–H groups in total. The van der Waals surface area contributed by atoms with E-state index in [1.807, 2.05) is 24.3 Å². The lowest BCUT2D eigenvalue weighted by Gasteiger charge is -2.10. The molecule has 17 heavy (non-hydrogen) atoms. The van der Waals surface area contributed by atoms with Crippen LogP contribution >= 0.6 is 11.6 Å². The van der Waals surface area contributed by atoms with Gasteiger partial charge in [-0.2, -0.15) is 0 Å². The summed E-state index contributed by atoms with van der Waals surface area (Å²) in [5.41, 5.74) is 1.24. The minimum absolute atomic E-state index is 0.296. The number of hydrogen-bond donors (Lipinski definition) is 1. The Kier molecular flexibility index (Phi) is 2.26. The molecule has 0 bridgehead atoms. The molecule has 0 spiro atoms. The van der Waals surface area contributed by atoms with Crippen LogP contribution in [0.2, 0.25) is 5.28 Å². The van der Waals surface area contributed by atoms with Gasteiger partial charge in [-0.1, -0.05) is 26.0 Å². The summed E-state index contributed by atoms with van der Waals surface area (Å²) in [5, 5.41) is 4.78. The first kappa shape index (κ1) is 10.8. The second-order valence-corrected chi connectivity index (χ2v) is 5.59. The van der Waals surface area contributed by atoms with Gasteiger partial charge in [-0.05, 0) is 35.6 Å². The topological polar surface area (TPSA) is 37.8 Å². The number of rotatable bonds is 2. The standard InChI is InChI=1S/C13H14ClN3/c1-13(2)7-10(13)16-11-8-5-3-4-6-9(8)15-12(14)17-11/h3-6,10H,7H2,1-2H3,(H,15,16,17). The van der Waals surface area contributed by atoms with Gasteiger partial charge in [-0.3, -0.25) is 0 Å². The van der Waals surface area contributed by atoms with E-state index in [0.717, 1.165) is 16.7 Å². The molecule has 1 aliphatic carbocycles. The Labute approximate surface area is 105 Å². The fourth-order valence-electron chi connectivity index (χ4n) is 2.04. The highest BCUT2D eigenvalue weighted by Crippen LogP contribution is 2.46. The zero-order valence-electron chi connectivity index (χ0n) is 9.87. The normalized spacial score (nSPS) is 21.5. The molecule has 3 nitrogen and oxygen atoms in total. The molecule has 1 fully saturated rings. The molecule has 2 aromatic rings. The summed E-state index contributed by atoms with van der Waals surface area (Å²) in [5.74, 6) is 0.844. The van der Waals surface area contributed by atoms with Gasteiger partial charge in [-0.25, -0.2) is 9.97 Å². The summed E-state index contributed by atoms with van der Waals surface area (Å²) in [6, 6.07) is 8.39. The Balaban J connectivity index is 2.03. The van der Waals surface area contributed by atoms with E-state index >= 15 is 0 Å². The molecule has 88 valence electrons. The van der Waals surface area contributed by atoms with E-state index in [-0.39, 0.29) is 0 Å². The number of para-hydroxylation sites is 1. The van der Waals surface area contributed by atoms with Crippen molar-refractivity contribution in [2.45, 2.75) is 26.3 Å². The molecule has 1 aromatic carbocycles. The summed E-state index contributed by atoms with van der Waals surface area (Å²) in [7, 11) is 0. The van der Waals surface area contributed by atoms with Crippen LogP contribution in [0.15, 0.2) is 24.3 Å². The minimum atomic E-state index is 0.296. The van der Waals surface area contributed by atoms with E-state index in [1.165, 1.54) is 6.42 Å². The largest absolute Gasteiger partial charge is 0.366 e. The predicted octanol–water partition coefficient (Wildman–Crippen LogP) is 3.49. The van der Waals surface area contributed by atoms with Crippen LogP contribution in [0.1, 0.15) is 20.3 Å². The Bertz CT molecular complexity index is 580. The van der Waals surface area contributed by atoms with Crippen LogP contribution in [0.4, 0.5) is 5.82 Å². The summed E-state index contributed by atoms with van der Waals surface area (Å²) >= 11 is 5.94. The van der Waals surface area contributed by atoms with Gasteiger partial charge in [0.1, 0.15) is 5.82 Å². The quantitative estimate of drug-likeness (QED) is 0.826. The van der Waals surface area contributed by atoms with Crippen molar-refractivity contribution in [3.05, 3.63) is 29.5 Å².